The highest BCUT2D eigenvalue weighted by molar-refractivity contribution is 5.79. The largest absolute Gasteiger partial charge is 0.479 e. The summed E-state index contributed by atoms with van der Waals surface area (Å²) < 4.78 is 1.49. The molecule has 0 aliphatic carbocycles. The van der Waals surface area contributed by atoms with Gasteiger partial charge in [0, 0.05) is 7.05 Å². The first-order valence-corrected chi connectivity index (χ1v) is 5.13. The van der Waals surface area contributed by atoms with Crippen molar-refractivity contribution in [2.45, 2.75) is 19.1 Å². The molecule has 0 spiro atoms. The quantitative estimate of drug-likeness (QED) is 0.505. The highest BCUT2D eigenvalue weighted by Gasteiger charge is 2.30. The third-order valence-corrected chi connectivity index (χ3v) is 2.11. The minimum atomic E-state index is -2.00. The lowest BCUT2D eigenvalue weighted by Gasteiger charge is -2.18. The van der Waals surface area contributed by atoms with E-state index in [9.17, 15) is 14.7 Å². The first kappa shape index (κ1) is 13.9. The van der Waals surface area contributed by atoms with Gasteiger partial charge in [0.15, 0.2) is 11.4 Å². The van der Waals surface area contributed by atoms with Crippen molar-refractivity contribution in [1.29, 1.82) is 0 Å². The van der Waals surface area contributed by atoms with Crippen LogP contribution in [0.2, 0.25) is 0 Å². The summed E-state index contributed by atoms with van der Waals surface area (Å²) >= 11 is 0. The third-order valence-electron chi connectivity index (χ3n) is 2.11. The first-order chi connectivity index (χ1) is 8.31. The zero-order chi connectivity index (χ0) is 13.8. The average Bonchev–Trinajstić information content (AvgIpc) is 2.69. The molecule has 1 aromatic rings. The van der Waals surface area contributed by atoms with E-state index in [0.29, 0.717) is 5.82 Å². The number of nitrogens with zero attached hydrogens (tertiary/aromatic N) is 3. The van der Waals surface area contributed by atoms with Crippen molar-refractivity contribution in [2.24, 2.45) is 7.05 Å². The topological polar surface area (TPSA) is 129 Å². The van der Waals surface area contributed by atoms with E-state index in [1.54, 1.807) is 7.05 Å². The van der Waals surface area contributed by atoms with Gasteiger partial charge in [-0.3, -0.25) is 4.68 Å². The monoisotopic (exact) mass is 257 g/mol. The van der Waals surface area contributed by atoms with Crippen LogP contribution in [-0.2, 0) is 18.4 Å². The van der Waals surface area contributed by atoms with Crippen molar-refractivity contribution >= 4 is 12.0 Å². The van der Waals surface area contributed by atoms with Crippen LogP contribution in [0.5, 0.6) is 0 Å². The maximum absolute atomic E-state index is 11.3. The van der Waals surface area contributed by atoms with Crippen LogP contribution in [0.15, 0.2) is 6.33 Å². The fourth-order valence-corrected chi connectivity index (χ4v) is 1.01. The number of rotatable bonds is 5. The van der Waals surface area contributed by atoms with Gasteiger partial charge in [-0.2, -0.15) is 5.10 Å². The van der Waals surface area contributed by atoms with E-state index in [1.165, 1.54) is 11.0 Å². The molecule has 0 saturated carbocycles. The first-order valence-electron chi connectivity index (χ1n) is 5.13. The lowest BCUT2D eigenvalue weighted by atomic mass is 10.1. The van der Waals surface area contributed by atoms with Gasteiger partial charge in [0.1, 0.15) is 6.33 Å². The Balaban J connectivity index is 2.32. The summed E-state index contributed by atoms with van der Waals surface area (Å²) in [6.07, 6.45) is 1.49. The predicted molar refractivity (Wildman–Crippen MR) is 59.5 cm³/mol. The van der Waals surface area contributed by atoms with Crippen molar-refractivity contribution in [3.05, 3.63) is 12.2 Å². The fraction of sp³-hybridized carbons (Fsp3) is 0.556. The smallest absolute Gasteiger partial charge is 0.337 e. The van der Waals surface area contributed by atoms with Gasteiger partial charge in [-0.25, -0.2) is 14.6 Å². The number of aromatic nitrogens is 3. The molecule has 1 unspecified atom stereocenters. The molecule has 2 amide bonds. The Morgan fingerprint density at radius 1 is 1.50 bits per heavy atom. The number of nitrogens with one attached hydrogen (secondary N) is 2. The Morgan fingerprint density at radius 3 is 2.67 bits per heavy atom. The highest BCUT2D eigenvalue weighted by atomic mass is 16.4. The number of aryl methyl sites for hydroxylation is 1. The minimum Gasteiger partial charge on any atom is -0.479 e. The number of carbonyl (C=O) groups is 2. The highest BCUT2D eigenvalue weighted by Crippen LogP contribution is 2.00. The normalized spacial score (nSPS) is 13.7. The van der Waals surface area contributed by atoms with Gasteiger partial charge >= 0.3 is 12.0 Å². The van der Waals surface area contributed by atoms with Gasteiger partial charge in [0.05, 0.1) is 13.1 Å². The standard InChI is InChI=1S/C9H15N5O4/c1-9(18,7(15)16)4-11-8(17)10-3-6-12-5-14(2)13-6/h5,18H,3-4H2,1-2H3,(H,15,16)(H2,10,11,17). The molecule has 1 aromatic heterocycles. The Bertz CT molecular complexity index is 442. The van der Waals surface area contributed by atoms with Crippen LogP contribution in [0.3, 0.4) is 0 Å². The Labute approximate surface area is 103 Å². The van der Waals surface area contributed by atoms with Gasteiger partial charge in [-0.1, -0.05) is 0 Å². The van der Waals surface area contributed by atoms with E-state index in [0.717, 1.165) is 6.92 Å². The third kappa shape index (κ3) is 4.01. The van der Waals surface area contributed by atoms with Crippen molar-refractivity contribution in [2.75, 3.05) is 6.54 Å². The molecular formula is C9H15N5O4. The van der Waals surface area contributed by atoms with E-state index in [-0.39, 0.29) is 6.54 Å². The summed E-state index contributed by atoms with van der Waals surface area (Å²) in [4.78, 5) is 25.8. The van der Waals surface area contributed by atoms with E-state index in [4.69, 9.17) is 5.11 Å². The Kier molecular flexibility index (Phi) is 4.21. The van der Waals surface area contributed by atoms with Gasteiger partial charge in [0.25, 0.3) is 0 Å². The molecule has 0 saturated heterocycles. The van der Waals surface area contributed by atoms with Crippen molar-refractivity contribution in [1.82, 2.24) is 25.4 Å². The van der Waals surface area contributed by atoms with Crippen LogP contribution in [0.4, 0.5) is 4.79 Å². The SMILES string of the molecule is Cn1cnc(CNC(=O)NCC(C)(O)C(=O)O)n1. The zero-order valence-corrected chi connectivity index (χ0v) is 10.0. The van der Waals surface area contributed by atoms with Crippen molar-refractivity contribution in [3.8, 4) is 0 Å². The average molecular weight is 257 g/mol. The van der Waals surface area contributed by atoms with Crippen LogP contribution < -0.4 is 10.6 Å². The molecule has 0 fully saturated rings. The molecule has 9 heteroatoms. The van der Waals surface area contributed by atoms with Crippen LogP contribution in [0, 0.1) is 0 Å². The van der Waals surface area contributed by atoms with Crippen LogP contribution in [0.1, 0.15) is 12.7 Å². The molecule has 1 heterocycles. The number of aliphatic hydroxyl groups is 1. The second-order valence-corrected chi connectivity index (χ2v) is 3.95. The van der Waals surface area contributed by atoms with Gasteiger partial charge in [-0.15, -0.1) is 0 Å². The van der Waals surface area contributed by atoms with Crippen LogP contribution in [0.25, 0.3) is 0 Å². The number of hydrogen-bond donors (Lipinski definition) is 4. The van der Waals surface area contributed by atoms with E-state index in [1.807, 2.05) is 0 Å². The van der Waals surface area contributed by atoms with Crippen molar-refractivity contribution in [3.63, 3.8) is 0 Å². The summed E-state index contributed by atoms with van der Waals surface area (Å²) in [6, 6.07) is -0.607. The minimum absolute atomic E-state index is 0.113. The molecular weight excluding hydrogens is 242 g/mol. The number of carbonyl (C=O) groups excluding carboxylic acids is 1. The maximum atomic E-state index is 11.3. The predicted octanol–water partition coefficient (Wildman–Crippen LogP) is -1.55. The Hall–Kier alpha value is -2.16. The Morgan fingerprint density at radius 2 is 2.17 bits per heavy atom. The van der Waals surface area contributed by atoms with E-state index >= 15 is 0 Å². The maximum Gasteiger partial charge on any atom is 0.337 e. The molecule has 4 N–H and O–H groups in total. The summed E-state index contributed by atoms with van der Waals surface area (Å²) in [5.74, 6) is -0.980. The number of aliphatic carboxylic acids is 1. The molecule has 100 valence electrons. The number of carboxylic acid groups (broad SMARTS) is 1. The molecule has 18 heavy (non-hydrogen) atoms. The number of hydrogen-bond acceptors (Lipinski definition) is 5. The molecule has 9 nitrogen and oxygen atoms in total. The van der Waals surface area contributed by atoms with Crippen molar-refractivity contribution < 1.29 is 19.8 Å². The summed E-state index contributed by atoms with van der Waals surface area (Å²) in [6.45, 7) is 0.807. The summed E-state index contributed by atoms with van der Waals surface area (Å²) in [5.41, 5.74) is -2.00. The summed E-state index contributed by atoms with van der Waals surface area (Å²) in [7, 11) is 1.70. The molecule has 1 atom stereocenters. The van der Waals surface area contributed by atoms with E-state index < -0.39 is 24.1 Å². The number of amides is 2. The lowest BCUT2D eigenvalue weighted by molar-refractivity contribution is -0.155. The second kappa shape index (κ2) is 5.45. The summed E-state index contributed by atoms with van der Waals surface area (Å²) in [5, 5.41) is 26.6. The molecule has 0 aliphatic rings. The number of urea groups is 1. The second-order valence-electron chi connectivity index (χ2n) is 3.95. The molecule has 0 radical (unpaired) electrons. The zero-order valence-electron chi connectivity index (χ0n) is 10.0. The van der Waals surface area contributed by atoms with Gasteiger partial charge < -0.3 is 20.8 Å². The molecule has 1 rings (SSSR count). The molecule has 0 aliphatic heterocycles. The van der Waals surface area contributed by atoms with Crippen LogP contribution in [-0.4, -0.2) is 49.1 Å². The number of carboxylic acids is 1. The lowest BCUT2D eigenvalue weighted by Crippen LogP contribution is -2.49. The molecule has 0 bridgehead atoms. The van der Waals surface area contributed by atoms with E-state index in [2.05, 4.69) is 20.7 Å². The molecule has 0 aromatic carbocycles. The van der Waals surface area contributed by atoms with Gasteiger partial charge in [-0.05, 0) is 6.92 Å². The fourth-order valence-electron chi connectivity index (χ4n) is 1.01. The van der Waals surface area contributed by atoms with Crippen LogP contribution >= 0.6 is 0 Å². The van der Waals surface area contributed by atoms with Gasteiger partial charge in [0.2, 0.25) is 0 Å².